The molecule has 1 unspecified atom stereocenters. The summed E-state index contributed by atoms with van der Waals surface area (Å²) in [6, 6.07) is 0. The van der Waals surface area contributed by atoms with Crippen molar-refractivity contribution < 1.29 is 4.74 Å². The second-order valence-electron chi connectivity index (χ2n) is 2.93. The minimum Gasteiger partial charge on any atom is -0.474 e. The van der Waals surface area contributed by atoms with E-state index in [9.17, 15) is 0 Å². The zero-order valence-electron chi connectivity index (χ0n) is 8.04. The van der Waals surface area contributed by atoms with Crippen LogP contribution < -0.4 is 4.74 Å². The van der Waals surface area contributed by atoms with Gasteiger partial charge in [0.2, 0.25) is 5.88 Å². The number of halogens is 1. The van der Waals surface area contributed by atoms with Crippen molar-refractivity contribution in [1.29, 1.82) is 0 Å². The van der Waals surface area contributed by atoms with E-state index in [2.05, 4.69) is 16.9 Å². The standard InChI is InChI=1S/C9H13ClN2O/c1-4-6(2)13-9-7(3)8(10)11-5-12-9/h5-6H,4H2,1-3H3. The second-order valence-corrected chi connectivity index (χ2v) is 3.29. The first kappa shape index (κ1) is 10.3. The average Bonchev–Trinajstić information content (AvgIpc) is 2.13. The van der Waals surface area contributed by atoms with E-state index in [-0.39, 0.29) is 6.10 Å². The highest BCUT2D eigenvalue weighted by atomic mass is 35.5. The van der Waals surface area contributed by atoms with Crippen LogP contribution in [0.15, 0.2) is 6.33 Å². The Morgan fingerprint density at radius 3 is 2.85 bits per heavy atom. The Bertz CT molecular complexity index is 291. The average molecular weight is 201 g/mol. The number of rotatable bonds is 3. The molecule has 0 aliphatic rings. The quantitative estimate of drug-likeness (QED) is 0.704. The minimum atomic E-state index is 0.157. The Morgan fingerprint density at radius 1 is 1.54 bits per heavy atom. The van der Waals surface area contributed by atoms with Crippen LogP contribution in [0.2, 0.25) is 5.15 Å². The molecular weight excluding hydrogens is 188 g/mol. The van der Waals surface area contributed by atoms with Gasteiger partial charge in [-0.2, -0.15) is 0 Å². The molecule has 0 bridgehead atoms. The molecule has 0 N–H and O–H groups in total. The van der Waals surface area contributed by atoms with Crippen molar-refractivity contribution in [2.75, 3.05) is 0 Å². The summed E-state index contributed by atoms with van der Waals surface area (Å²) in [6.07, 6.45) is 2.51. The molecule has 72 valence electrons. The van der Waals surface area contributed by atoms with Gasteiger partial charge in [-0.3, -0.25) is 0 Å². The molecule has 13 heavy (non-hydrogen) atoms. The van der Waals surface area contributed by atoms with Gasteiger partial charge in [0.05, 0.1) is 6.10 Å². The van der Waals surface area contributed by atoms with E-state index >= 15 is 0 Å². The first-order chi connectivity index (χ1) is 6.15. The fraction of sp³-hybridized carbons (Fsp3) is 0.556. The molecular formula is C9H13ClN2O. The Hall–Kier alpha value is -0.830. The summed E-state index contributed by atoms with van der Waals surface area (Å²) in [5, 5.41) is 0.452. The van der Waals surface area contributed by atoms with Crippen molar-refractivity contribution in [2.24, 2.45) is 0 Å². The van der Waals surface area contributed by atoms with E-state index in [0.717, 1.165) is 12.0 Å². The zero-order chi connectivity index (χ0) is 9.84. The van der Waals surface area contributed by atoms with Crippen LogP contribution in [-0.4, -0.2) is 16.1 Å². The Morgan fingerprint density at radius 2 is 2.23 bits per heavy atom. The summed E-state index contributed by atoms with van der Waals surface area (Å²) in [7, 11) is 0. The van der Waals surface area contributed by atoms with Crippen molar-refractivity contribution in [3.8, 4) is 5.88 Å². The van der Waals surface area contributed by atoms with Gasteiger partial charge in [-0.1, -0.05) is 18.5 Å². The SMILES string of the molecule is CCC(C)Oc1ncnc(Cl)c1C. The Kier molecular flexibility index (Phi) is 3.48. The van der Waals surface area contributed by atoms with Gasteiger partial charge in [0.25, 0.3) is 0 Å². The lowest BCUT2D eigenvalue weighted by Crippen LogP contribution is -2.11. The molecule has 0 aliphatic carbocycles. The van der Waals surface area contributed by atoms with Gasteiger partial charge in [-0.25, -0.2) is 9.97 Å². The summed E-state index contributed by atoms with van der Waals surface area (Å²) in [6.45, 7) is 5.90. The lowest BCUT2D eigenvalue weighted by Gasteiger charge is -2.13. The van der Waals surface area contributed by atoms with Gasteiger partial charge in [0.15, 0.2) is 0 Å². The van der Waals surface area contributed by atoms with Crippen LogP contribution in [0.5, 0.6) is 5.88 Å². The van der Waals surface area contributed by atoms with Gasteiger partial charge < -0.3 is 4.74 Å². The third kappa shape index (κ3) is 2.56. The molecule has 1 heterocycles. The van der Waals surface area contributed by atoms with Crippen LogP contribution in [0.25, 0.3) is 0 Å². The molecule has 1 aromatic rings. The number of nitrogens with zero attached hydrogens (tertiary/aromatic N) is 2. The fourth-order valence-corrected chi connectivity index (χ4v) is 0.931. The molecule has 1 aromatic heterocycles. The number of hydrogen-bond donors (Lipinski definition) is 0. The van der Waals surface area contributed by atoms with E-state index in [0.29, 0.717) is 11.0 Å². The zero-order valence-corrected chi connectivity index (χ0v) is 8.80. The number of hydrogen-bond acceptors (Lipinski definition) is 3. The van der Waals surface area contributed by atoms with E-state index < -0.39 is 0 Å². The molecule has 0 fully saturated rings. The first-order valence-electron chi connectivity index (χ1n) is 4.29. The van der Waals surface area contributed by atoms with Crippen molar-refractivity contribution in [3.05, 3.63) is 17.0 Å². The Balaban J connectivity index is 2.83. The predicted molar refractivity (Wildman–Crippen MR) is 52.2 cm³/mol. The van der Waals surface area contributed by atoms with Crippen molar-refractivity contribution >= 4 is 11.6 Å². The fourth-order valence-electron chi connectivity index (χ4n) is 0.807. The highest BCUT2D eigenvalue weighted by Gasteiger charge is 2.08. The minimum absolute atomic E-state index is 0.157. The van der Waals surface area contributed by atoms with Crippen LogP contribution in [0.1, 0.15) is 25.8 Å². The maximum absolute atomic E-state index is 5.81. The summed E-state index contributed by atoms with van der Waals surface area (Å²) >= 11 is 5.81. The van der Waals surface area contributed by atoms with Gasteiger partial charge in [0, 0.05) is 5.56 Å². The second kappa shape index (κ2) is 4.42. The molecule has 1 atom stereocenters. The molecule has 0 saturated carbocycles. The van der Waals surface area contributed by atoms with Crippen LogP contribution in [0.4, 0.5) is 0 Å². The summed E-state index contributed by atoms with van der Waals surface area (Å²) in [4.78, 5) is 7.86. The largest absolute Gasteiger partial charge is 0.474 e. The molecule has 4 heteroatoms. The van der Waals surface area contributed by atoms with Crippen molar-refractivity contribution in [1.82, 2.24) is 9.97 Å². The lowest BCUT2D eigenvalue weighted by atomic mass is 10.3. The predicted octanol–water partition coefficient (Wildman–Crippen LogP) is 2.62. The highest BCUT2D eigenvalue weighted by Crippen LogP contribution is 2.21. The highest BCUT2D eigenvalue weighted by molar-refractivity contribution is 6.30. The molecule has 0 saturated heterocycles. The maximum atomic E-state index is 5.81. The lowest BCUT2D eigenvalue weighted by molar-refractivity contribution is 0.206. The Labute approximate surface area is 83.1 Å². The van der Waals surface area contributed by atoms with Gasteiger partial charge >= 0.3 is 0 Å². The smallest absolute Gasteiger partial charge is 0.221 e. The van der Waals surface area contributed by atoms with E-state index in [1.165, 1.54) is 6.33 Å². The van der Waals surface area contributed by atoms with Crippen molar-refractivity contribution in [2.45, 2.75) is 33.3 Å². The maximum Gasteiger partial charge on any atom is 0.221 e. The molecule has 0 amide bonds. The molecule has 0 radical (unpaired) electrons. The van der Waals surface area contributed by atoms with Crippen LogP contribution in [-0.2, 0) is 0 Å². The number of aromatic nitrogens is 2. The normalized spacial score (nSPS) is 12.6. The van der Waals surface area contributed by atoms with E-state index in [1.54, 1.807) is 0 Å². The van der Waals surface area contributed by atoms with E-state index in [4.69, 9.17) is 16.3 Å². The molecule has 0 aliphatic heterocycles. The van der Waals surface area contributed by atoms with Crippen molar-refractivity contribution in [3.63, 3.8) is 0 Å². The summed E-state index contributed by atoms with van der Waals surface area (Å²) < 4.78 is 5.54. The first-order valence-corrected chi connectivity index (χ1v) is 4.66. The monoisotopic (exact) mass is 200 g/mol. The molecule has 0 aromatic carbocycles. The summed E-state index contributed by atoms with van der Waals surface area (Å²) in [5.74, 6) is 0.578. The summed E-state index contributed by atoms with van der Waals surface area (Å²) in [5.41, 5.74) is 0.796. The van der Waals surface area contributed by atoms with Gasteiger partial charge in [-0.15, -0.1) is 0 Å². The molecule has 0 spiro atoms. The topological polar surface area (TPSA) is 35.0 Å². The third-order valence-electron chi connectivity index (χ3n) is 1.86. The third-order valence-corrected chi connectivity index (χ3v) is 2.25. The number of ether oxygens (including phenoxy) is 1. The molecule has 1 rings (SSSR count). The van der Waals surface area contributed by atoms with Crippen LogP contribution in [0.3, 0.4) is 0 Å². The van der Waals surface area contributed by atoms with Crippen LogP contribution >= 0.6 is 11.6 Å². The van der Waals surface area contributed by atoms with E-state index in [1.807, 2.05) is 13.8 Å². The molecule has 3 nitrogen and oxygen atoms in total. The van der Waals surface area contributed by atoms with Gasteiger partial charge in [0.1, 0.15) is 11.5 Å². The van der Waals surface area contributed by atoms with Gasteiger partial charge in [-0.05, 0) is 20.3 Å². The van der Waals surface area contributed by atoms with Crippen LogP contribution in [0, 0.1) is 6.92 Å².